The topological polar surface area (TPSA) is 177 Å². The van der Waals surface area contributed by atoms with Crippen LogP contribution in [0.4, 0.5) is 0 Å². The molecule has 0 heterocycles. The molecule has 0 aliphatic rings. The Morgan fingerprint density at radius 1 is 1.11 bits per heavy atom. The van der Waals surface area contributed by atoms with E-state index < -0.39 is 48.7 Å². The van der Waals surface area contributed by atoms with Crippen molar-refractivity contribution in [3.63, 3.8) is 0 Å². The van der Waals surface area contributed by atoms with Crippen molar-refractivity contribution in [2.75, 3.05) is 25.4 Å². The monoisotopic (exact) mass is 420 g/mol. The van der Waals surface area contributed by atoms with Gasteiger partial charge in [0, 0.05) is 13.0 Å². The average Bonchev–Trinajstić information content (AvgIpc) is 2.61. The minimum Gasteiger partial charge on any atom is -0.480 e. The van der Waals surface area contributed by atoms with Crippen LogP contribution >= 0.6 is 11.8 Å². The van der Waals surface area contributed by atoms with E-state index in [0.29, 0.717) is 6.61 Å². The van der Waals surface area contributed by atoms with Gasteiger partial charge < -0.3 is 31.5 Å². The van der Waals surface area contributed by atoms with E-state index in [1.165, 1.54) is 11.8 Å². The SMILES string of the molecule is CCOC(C)SCC(=O)NC(CCCC(N)=O)C(=O)NCC(=O)NCC(=O)O. The van der Waals surface area contributed by atoms with Crippen molar-refractivity contribution in [1.29, 1.82) is 0 Å². The number of hydrogen-bond donors (Lipinski definition) is 5. The molecule has 2 atom stereocenters. The molecule has 0 bridgehead atoms. The largest absolute Gasteiger partial charge is 0.480 e. The fourth-order valence-electron chi connectivity index (χ4n) is 1.99. The standard InChI is InChI=1S/C16H28N4O7S/c1-3-27-10(2)28-9-14(23)20-11(5-4-6-12(17)21)16(26)19-7-13(22)18-8-15(24)25/h10-11H,3-9H2,1-2H3,(H2,17,21)(H,18,22)(H,19,26)(H,20,23)(H,24,25). The zero-order chi connectivity index (χ0) is 21.5. The van der Waals surface area contributed by atoms with Gasteiger partial charge in [0.05, 0.1) is 12.3 Å². The molecule has 0 aliphatic carbocycles. The highest BCUT2D eigenvalue weighted by Gasteiger charge is 2.21. The molecule has 0 saturated carbocycles. The third-order valence-electron chi connectivity index (χ3n) is 3.28. The molecule has 0 aromatic heterocycles. The van der Waals surface area contributed by atoms with Crippen LogP contribution in [0.1, 0.15) is 33.1 Å². The fourth-order valence-corrected chi connectivity index (χ4v) is 2.69. The van der Waals surface area contributed by atoms with Crippen molar-refractivity contribution in [2.24, 2.45) is 5.73 Å². The van der Waals surface area contributed by atoms with E-state index in [9.17, 15) is 24.0 Å². The van der Waals surface area contributed by atoms with Crippen molar-refractivity contribution in [2.45, 2.75) is 44.6 Å². The lowest BCUT2D eigenvalue weighted by Crippen LogP contribution is -2.49. The zero-order valence-corrected chi connectivity index (χ0v) is 16.8. The first-order valence-electron chi connectivity index (χ1n) is 8.72. The van der Waals surface area contributed by atoms with Gasteiger partial charge in [-0.15, -0.1) is 11.8 Å². The van der Waals surface area contributed by atoms with Crippen molar-refractivity contribution in [3.8, 4) is 0 Å². The molecule has 0 radical (unpaired) electrons. The summed E-state index contributed by atoms with van der Waals surface area (Å²) >= 11 is 1.26. The molecule has 0 fully saturated rings. The molecule has 0 aromatic carbocycles. The Morgan fingerprint density at radius 3 is 2.36 bits per heavy atom. The number of aliphatic carboxylic acids is 1. The summed E-state index contributed by atoms with van der Waals surface area (Å²) in [5.41, 5.74) is 4.89. The van der Waals surface area contributed by atoms with Crippen LogP contribution in [0.3, 0.4) is 0 Å². The van der Waals surface area contributed by atoms with Crippen molar-refractivity contribution in [1.82, 2.24) is 16.0 Å². The molecule has 28 heavy (non-hydrogen) atoms. The first-order chi connectivity index (χ1) is 13.1. The number of primary amides is 1. The Bertz CT molecular complexity index is 559. The van der Waals surface area contributed by atoms with Gasteiger partial charge in [0.2, 0.25) is 23.6 Å². The van der Waals surface area contributed by atoms with E-state index in [2.05, 4.69) is 16.0 Å². The van der Waals surface area contributed by atoms with E-state index in [0.717, 1.165) is 0 Å². The maximum absolute atomic E-state index is 12.3. The van der Waals surface area contributed by atoms with Gasteiger partial charge in [-0.1, -0.05) is 0 Å². The van der Waals surface area contributed by atoms with Crippen molar-refractivity contribution < 1.29 is 33.8 Å². The third-order valence-corrected chi connectivity index (χ3v) is 4.31. The maximum Gasteiger partial charge on any atom is 0.322 e. The van der Waals surface area contributed by atoms with Crippen LogP contribution in [0.15, 0.2) is 0 Å². The van der Waals surface area contributed by atoms with Crippen LogP contribution in [0.2, 0.25) is 0 Å². The molecular formula is C16H28N4O7S. The summed E-state index contributed by atoms with van der Waals surface area (Å²) in [7, 11) is 0. The summed E-state index contributed by atoms with van der Waals surface area (Å²) in [4.78, 5) is 57.1. The summed E-state index contributed by atoms with van der Waals surface area (Å²) in [5, 5.41) is 15.5. The Labute approximate surface area is 167 Å². The van der Waals surface area contributed by atoms with Gasteiger partial charge in [0.25, 0.3) is 0 Å². The quantitative estimate of drug-likeness (QED) is 0.200. The normalized spacial score (nSPS) is 12.5. The number of ether oxygens (including phenoxy) is 1. The van der Waals surface area contributed by atoms with Crippen LogP contribution < -0.4 is 21.7 Å². The number of carboxylic acid groups (broad SMARTS) is 1. The first-order valence-corrected chi connectivity index (χ1v) is 9.77. The van der Waals surface area contributed by atoms with E-state index in [1.54, 1.807) is 6.92 Å². The second-order valence-corrected chi connectivity index (χ2v) is 6.99. The average molecular weight is 420 g/mol. The molecule has 4 amide bonds. The molecule has 0 spiro atoms. The second-order valence-electron chi connectivity index (χ2n) is 5.70. The molecule has 0 aromatic rings. The van der Waals surface area contributed by atoms with Gasteiger partial charge in [-0.25, -0.2) is 0 Å². The van der Waals surface area contributed by atoms with Gasteiger partial charge in [0.1, 0.15) is 18.0 Å². The first kappa shape index (κ1) is 25.7. The highest BCUT2D eigenvalue weighted by Crippen LogP contribution is 2.11. The number of amides is 4. The van der Waals surface area contributed by atoms with Crippen molar-refractivity contribution >= 4 is 41.4 Å². The second kappa shape index (κ2) is 14.7. The molecular weight excluding hydrogens is 392 g/mol. The van der Waals surface area contributed by atoms with E-state index in [4.69, 9.17) is 15.6 Å². The van der Waals surface area contributed by atoms with Crippen LogP contribution in [0.25, 0.3) is 0 Å². The predicted octanol–water partition coefficient (Wildman–Crippen LogP) is -1.44. The molecule has 160 valence electrons. The van der Waals surface area contributed by atoms with Crippen LogP contribution in [-0.2, 0) is 28.7 Å². The number of hydrogen-bond acceptors (Lipinski definition) is 7. The van der Waals surface area contributed by atoms with E-state index in [1.807, 2.05) is 6.92 Å². The molecule has 6 N–H and O–H groups in total. The van der Waals surface area contributed by atoms with Crippen LogP contribution in [-0.4, -0.2) is 71.6 Å². The lowest BCUT2D eigenvalue weighted by atomic mass is 10.1. The number of nitrogens with one attached hydrogen (secondary N) is 3. The van der Waals surface area contributed by atoms with Crippen molar-refractivity contribution in [3.05, 3.63) is 0 Å². The Kier molecular flexibility index (Phi) is 13.5. The van der Waals surface area contributed by atoms with Gasteiger partial charge in [0.15, 0.2) is 0 Å². The number of rotatable bonds is 15. The molecule has 0 aliphatic heterocycles. The van der Waals surface area contributed by atoms with Gasteiger partial charge in [-0.3, -0.25) is 24.0 Å². The number of carbonyl (C=O) groups is 5. The van der Waals surface area contributed by atoms with Crippen LogP contribution in [0, 0.1) is 0 Å². The Hall–Kier alpha value is -2.34. The molecule has 12 heteroatoms. The molecule has 11 nitrogen and oxygen atoms in total. The van der Waals surface area contributed by atoms with E-state index >= 15 is 0 Å². The van der Waals surface area contributed by atoms with E-state index in [-0.39, 0.29) is 30.5 Å². The fraction of sp³-hybridized carbons (Fsp3) is 0.688. The maximum atomic E-state index is 12.3. The Morgan fingerprint density at radius 2 is 1.79 bits per heavy atom. The highest BCUT2D eigenvalue weighted by atomic mass is 32.2. The zero-order valence-electron chi connectivity index (χ0n) is 16.0. The number of nitrogens with two attached hydrogens (primary N) is 1. The minimum atomic E-state index is -1.21. The summed E-state index contributed by atoms with van der Waals surface area (Å²) in [6, 6.07) is -0.956. The number of carbonyl (C=O) groups excluding carboxylic acids is 4. The summed E-state index contributed by atoms with van der Waals surface area (Å²) in [6.45, 7) is 3.14. The summed E-state index contributed by atoms with van der Waals surface area (Å²) in [6.07, 6.45) is 0.485. The lowest BCUT2D eigenvalue weighted by molar-refractivity contribution is -0.138. The highest BCUT2D eigenvalue weighted by molar-refractivity contribution is 8.00. The summed E-state index contributed by atoms with van der Waals surface area (Å²) < 4.78 is 5.31. The predicted molar refractivity (Wildman–Crippen MR) is 102 cm³/mol. The number of thioether (sulfide) groups is 1. The van der Waals surface area contributed by atoms with Gasteiger partial charge >= 0.3 is 5.97 Å². The summed E-state index contributed by atoms with van der Waals surface area (Å²) in [5.74, 6) is -3.37. The lowest BCUT2D eigenvalue weighted by Gasteiger charge is -2.19. The number of carboxylic acids is 1. The smallest absolute Gasteiger partial charge is 0.322 e. The Balaban J connectivity index is 4.60. The molecule has 0 rings (SSSR count). The minimum absolute atomic E-state index is 0.0505. The third kappa shape index (κ3) is 13.8. The van der Waals surface area contributed by atoms with Gasteiger partial charge in [-0.2, -0.15) is 0 Å². The molecule has 2 unspecified atom stereocenters. The van der Waals surface area contributed by atoms with Gasteiger partial charge in [-0.05, 0) is 26.7 Å². The molecule has 0 saturated heterocycles. The van der Waals surface area contributed by atoms with Crippen LogP contribution in [0.5, 0.6) is 0 Å².